The van der Waals surface area contributed by atoms with Crippen LogP contribution in [0.4, 0.5) is 0 Å². The van der Waals surface area contributed by atoms with Gasteiger partial charge in [-0.15, -0.1) is 0 Å². The lowest BCUT2D eigenvalue weighted by atomic mass is 10.1. The summed E-state index contributed by atoms with van der Waals surface area (Å²) in [6.07, 6.45) is 0. The van der Waals surface area contributed by atoms with Gasteiger partial charge in [-0.25, -0.2) is 0 Å². The van der Waals surface area contributed by atoms with Gasteiger partial charge in [0.05, 0.1) is 6.04 Å². The summed E-state index contributed by atoms with van der Waals surface area (Å²) in [7, 11) is 0. The summed E-state index contributed by atoms with van der Waals surface area (Å²) in [5, 5.41) is 3.52. The molecule has 2 aromatic rings. The average molecular weight is 373 g/mol. The van der Waals surface area contributed by atoms with Gasteiger partial charge in [-0.05, 0) is 59.6 Å². The van der Waals surface area contributed by atoms with Crippen molar-refractivity contribution in [3.63, 3.8) is 0 Å². The summed E-state index contributed by atoms with van der Waals surface area (Å²) in [5.41, 5.74) is 1.26. The molecule has 0 fully saturated rings. The lowest BCUT2D eigenvalue weighted by Gasteiger charge is -2.19. The number of benzene rings is 1. The van der Waals surface area contributed by atoms with E-state index in [1.165, 1.54) is 5.56 Å². The minimum absolute atomic E-state index is 0.176. The molecule has 0 amide bonds. The van der Waals surface area contributed by atoms with Crippen LogP contribution in [0.15, 0.2) is 50.0 Å². The van der Waals surface area contributed by atoms with Crippen LogP contribution in [0.5, 0.6) is 0 Å². The van der Waals surface area contributed by atoms with E-state index in [-0.39, 0.29) is 12.1 Å². The van der Waals surface area contributed by atoms with Crippen LogP contribution in [-0.4, -0.2) is 0 Å². The lowest BCUT2D eigenvalue weighted by Crippen LogP contribution is -2.22. The Hall–Kier alpha value is -0.580. The maximum atomic E-state index is 5.55. The third-order valence-electron chi connectivity index (χ3n) is 2.89. The van der Waals surface area contributed by atoms with Crippen LogP contribution in [0, 0.1) is 0 Å². The highest BCUT2D eigenvalue weighted by molar-refractivity contribution is 9.10. The molecule has 4 heteroatoms. The van der Waals surface area contributed by atoms with Crippen molar-refractivity contribution in [2.45, 2.75) is 25.9 Å². The van der Waals surface area contributed by atoms with E-state index in [2.05, 4.69) is 75.3 Å². The second kappa shape index (κ2) is 6.04. The molecule has 1 N–H and O–H groups in total. The Morgan fingerprint density at radius 3 is 2.17 bits per heavy atom. The molecular formula is C14H15Br2NO. The molecule has 18 heavy (non-hydrogen) atoms. The van der Waals surface area contributed by atoms with Crippen molar-refractivity contribution in [2.75, 3.05) is 0 Å². The van der Waals surface area contributed by atoms with Crippen molar-refractivity contribution >= 4 is 31.9 Å². The van der Waals surface area contributed by atoms with Crippen LogP contribution in [0.2, 0.25) is 0 Å². The predicted molar refractivity (Wildman–Crippen MR) is 80.5 cm³/mol. The molecule has 96 valence electrons. The summed E-state index contributed by atoms with van der Waals surface area (Å²) in [6, 6.07) is 12.7. The minimum Gasteiger partial charge on any atom is -0.453 e. The SMILES string of the molecule is CC(N[C@H](C)c1ccc(Br)cc1)c1ccc(Br)o1. The fraction of sp³-hybridized carbons (Fsp3) is 0.286. The van der Waals surface area contributed by atoms with Gasteiger partial charge in [-0.3, -0.25) is 0 Å². The molecule has 0 saturated heterocycles. The van der Waals surface area contributed by atoms with Crippen molar-refractivity contribution in [2.24, 2.45) is 0 Å². The van der Waals surface area contributed by atoms with E-state index in [4.69, 9.17) is 4.42 Å². The number of halogens is 2. The fourth-order valence-corrected chi connectivity index (χ4v) is 2.45. The molecule has 1 heterocycles. The van der Waals surface area contributed by atoms with Gasteiger partial charge in [-0.2, -0.15) is 0 Å². The predicted octanol–water partition coefficient (Wildman–Crippen LogP) is 5.22. The monoisotopic (exact) mass is 371 g/mol. The number of rotatable bonds is 4. The Kier molecular flexibility index (Phi) is 4.65. The Morgan fingerprint density at radius 1 is 0.944 bits per heavy atom. The average Bonchev–Trinajstić information content (AvgIpc) is 2.76. The first-order valence-corrected chi connectivity index (χ1v) is 7.41. The van der Waals surface area contributed by atoms with E-state index in [0.717, 1.165) is 14.9 Å². The maximum absolute atomic E-state index is 5.55. The first kappa shape index (κ1) is 13.8. The molecule has 0 radical (unpaired) electrons. The van der Waals surface area contributed by atoms with Crippen LogP contribution < -0.4 is 5.32 Å². The van der Waals surface area contributed by atoms with E-state index >= 15 is 0 Å². The van der Waals surface area contributed by atoms with Crippen molar-refractivity contribution in [1.29, 1.82) is 0 Å². The van der Waals surface area contributed by atoms with Crippen LogP contribution in [0.3, 0.4) is 0 Å². The van der Waals surface area contributed by atoms with Crippen molar-refractivity contribution in [3.05, 3.63) is 56.9 Å². The fourth-order valence-electron chi connectivity index (χ4n) is 1.87. The molecule has 1 aromatic carbocycles. The molecule has 1 unspecified atom stereocenters. The van der Waals surface area contributed by atoms with Gasteiger partial charge in [0.2, 0.25) is 0 Å². The van der Waals surface area contributed by atoms with E-state index in [1.807, 2.05) is 12.1 Å². The molecule has 0 saturated carbocycles. The van der Waals surface area contributed by atoms with Crippen molar-refractivity contribution < 1.29 is 4.42 Å². The van der Waals surface area contributed by atoms with E-state index in [1.54, 1.807) is 0 Å². The van der Waals surface area contributed by atoms with Gasteiger partial charge in [0.25, 0.3) is 0 Å². The van der Waals surface area contributed by atoms with Crippen LogP contribution >= 0.6 is 31.9 Å². The number of nitrogens with one attached hydrogen (secondary N) is 1. The van der Waals surface area contributed by atoms with Gasteiger partial charge in [-0.1, -0.05) is 28.1 Å². The molecule has 0 spiro atoms. The van der Waals surface area contributed by atoms with Gasteiger partial charge in [0.15, 0.2) is 4.67 Å². The van der Waals surface area contributed by atoms with E-state index in [9.17, 15) is 0 Å². The number of hydrogen-bond acceptors (Lipinski definition) is 2. The Bertz CT molecular complexity index is 507. The van der Waals surface area contributed by atoms with Crippen LogP contribution in [0.25, 0.3) is 0 Å². The summed E-state index contributed by atoms with van der Waals surface area (Å²) in [4.78, 5) is 0. The zero-order chi connectivity index (χ0) is 13.1. The highest BCUT2D eigenvalue weighted by Crippen LogP contribution is 2.24. The van der Waals surface area contributed by atoms with Crippen molar-refractivity contribution in [1.82, 2.24) is 5.32 Å². The first-order valence-electron chi connectivity index (χ1n) is 5.83. The lowest BCUT2D eigenvalue weighted by molar-refractivity contribution is 0.394. The smallest absolute Gasteiger partial charge is 0.169 e. The second-order valence-electron chi connectivity index (χ2n) is 4.30. The summed E-state index contributed by atoms with van der Waals surface area (Å²) >= 11 is 6.76. The van der Waals surface area contributed by atoms with Crippen LogP contribution in [-0.2, 0) is 0 Å². The molecular weight excluding hydrogens is 358 g/mol. The maximum Gasteiger partial charge on any atom is 0.169 e. The van der Waals surface area contributed by atoms with E-state index < -0.39 is 0 Å². The Morgan fingerprint density at radius 2 is 1.61 bits per heavy atom. The molecule has 2 nitrogen and oxygen atoms in total. The number of hydrogen-bond donors (Lipinski definition) is 1. The van der Waals surface area contributed by atoms with Crippen LogP contribution in [0.1, 0.15) is 37.3 Å². The Labute approximate surface area is 124 Å². The third kappa shape index (κ3) is 3.46. The van der Waals surface area contributed by atoms with Gasteiger partial charge in [0.1, 0.15) is 5.76 Å². The molecule has 0 bridgehead atoms. The quantitative estimate of drug-likeness (QED) is 0.796. The molecule has 0 aliphatic rings. The molecule has 0 aliphatic heterocycles. The zero-order valence-electron chi connectivity index (χ0n) is 10.3. The van der Waals surface area contributed by atoms with Crippen molar-refractivity contribution in [3.8, 4) is 0 Å². The summed E-state index contributed by atoms with van der Waals surface area (Å²) in [6.45, 7) is 4.25. The second-order valence-corrected chi connectivity index (χ2v) is 6.00. The van der Waals surface area contributed by atoms with E-state index in [0.29, 0.717) is 0 Å². The normalized spacial score (nSPS) is 14.4. The summed E-state index contributed by atoms with van der Waals surface area (Å²) < 4.78 is 7.41. The molecule has 1 aromatic heterocycles. The first-order chi connectivity index (χ1) is 8.56. The zero-order valence-corrected chi connectivity index (χ0v) is 13.5. The summed E-state index contributed by atoms with van der Waals surface area (Å²) in [5.74, 6) is 0.936. The highest BCUT2D eigenvalue weighted by atomic mass is 79.9. The largest absolute Gasteiger partial charge is 0.453 e. The standard InChI is InChI=1S/C14H15Br2NO/c1-9(11-3-5-12(15)6-4-11)17-10(2)13-7-8-14(16)18-13/h3-10,17H,1-2H3/t9-,10?/m1/s1. The molecule has 2 rings (SSSR count). The topological polar surface area (TPSA) is 25.2 Å². The van der Waals surface area contributed by atoms with Gasteiger partial charge in [0, 0.05) is 10.5 Å². The van der Waals surface area contributed by atoms with Gasteiger partial charge >= 0.3 is 0 Å². The Balaban J connectivity index is 2.02. The number of furan rings is 1. The molecule has 0 aliphatic carbocycles. The minimum atomic E-state index is 0.176. The third-order valence-corrected chi connectivity index (χ3v) is 3.85. The highest BCUT2D eigenvalue weighted by Gasteiger charge is 2.13. The van der Waals surface area contributed by atoms with Gasteiger partial charge < -0.3 is 9.73 Å². The molecule has 2 atom stereocenters.